The molecule has 1 aliphatic rings. The van der Waals surface area contributed by atoms with Crippen molar-refractivity contribution in [2.45, 2.75) is 39.7 Å². The Morgan fingerprint density at radius 1 is 1.43 bits per heavy atom. The molecule has 6 heteroatoms. The first-order chi connectivity index (χ1) is 9.93. The molecule has 0 aromatic carbocycles. The van der Waals surface area contributed by atoms with Crippen LogP contribution in [0, 0.1) is 19.8 Å². The maximum Gasteiger partial charge on any atom is 0.241 e. The number of aromatic nitrogens is 2. The molecule has 1 unspecified atom stereocenters. The molecule has 1 saturated heterocycles. The van der Waals surface area contributed by atoms with Crippen LogP contribution in [0.3, 0.4) is 0 Å². The summed E-state index contributed by atoms with van der Waals surface area (Å²) in [5.41, 5.74) is 2.63. The van der Waals surface area contributed by atoms with E-state index in [1.807, 2.05) is 27.8 Å². The molecule has 0 aliphatic carbocycles. The number of carbonyl (C=O) groups excluding carboxylic acids is 1. The van der Waals surface area contributed by atoms with E-state index >= 15 is 0 Å². The molecular weight excluding hydrogens is 268 g/mol. The summed E-state index contributed by atoms with van der Waals surface area (Å²) in [5, 5.41) is 16.5. The Morgan fingerprint density at radius 3 is 2.52 bits per heavy atom. The highest BCUT2D eigenvalue weighted by molar-refractivity contribution is 5.95. The topological polar surface area (TPSA) is 70.4 Å². The molecule has 118 valence electrons. The molecule has 2 N–H and O–H groups in total. The average Bonchev–Trinajstić information content (AvgIpc) is 2.73. The largest absolute Gasteiger partial charge is 0.396 e. The molecule has 1 fully saturated rings. The maximum absolute atomic E-state index is 12.4. The number of anilines is 1. The number of aliphatic hydroxyl groups excluding tert-OH is 1. The number of carbonyl (C=O) groups is 1. The third kappa shape index (κ3) is 3.44. The Hall–Kier alpha value is -1.40. The fraction of sp³-hybridized carbons (Fsp3) is 0.733. The minimum atomic E-state index is -0.163. The number of piperidine rings is 1. The zero-order chi connectivity index (χ0) is 15.6. The van der Waals surface area contributed by atoms with Gasteiger partial charge < -0.3 is 10.4 Å². The summed E-state index contributed by atoms with van der Waals surface area (Å²) < 4.78 is 1.78. The van der Waals surface area contributed by atoms with Gasteiger partial charge in [0.15, 0.2) is 0 Å². The number of nitrogens with zero attached hydrogens (tertiary/aromatic N) is 3. The fourth-order valence-electron chi connectivity index (χ4n) is 2.87. The van der Waals surface area contributed by atoms with E-state index in [1.165, 1.54) is 0 Å². The van der Waals surface area contributed by atoms with E-state index < -0.39 is 0 Å². The lowest BCUT2D eigenvalue weighted by atomic mass is 9.97. The highest BCUT2D eigenvalue weighted by Crippen LogP contribution is 2.21. The van der Waals surface area contributed by atoms with Gasteiger partial charge in [0.05, 0.1) is 23.1 Å². The standard InChI is InChI=1S/C15H26N4O2/c1-10-14(11(2)18(4)17-10)16-15(21)12(3)19-7-5-13(9-20)6-8-19/h12-13,20H,5-9H2,1-4H3,(H,16,21). The van der Waals surface area contributed by atoms with Crippen LogP contribution in [0.15, 0.2) is 0 Å². The number of nitrogens with one attached hydrogen (secondary N) is 1. The minimum absolute atomic E-state index is 0.0108. The second kappa shape index (κ2) is 6.58. The first kappa shape index (κ1) is 16.0. The Bertz CT molecular complexity index is 504. The van der Waals surface area contributed by atoms with E-state index in [-0.39, 0.29) is 18.6 Å². The van der Waals surface area contributed by atoms with Gasteiger partial charge in [-0.1, -0.05) is 0 Å². The predicted octanol–water partition coefficient (Wildman–Crippen LogP) is 1.07. The van der Waals surface area contributed by atoms with Crippen LogP contribution < -0.4 is 5.32 Å². The molecule has 0 saturated carbocycles. The van der Waals surface area contributed by atoms with E-state index in [1.54, 1.807) is 4.68 Å². The van der Waals surface area contributed by atoms with Crippen LogP contribution in [-0.4, -0.2) is 51.4 Å². The molecule has 0 spiro atoms. The third-order valence-corrected chi connectivity index (χ3v) is 4.59. The number of hydrogen-bond donors (Lipinski definition) is 2. The van der Waals surface area contributed by atoms with E-state index in [9.17, 15) is 9.90 Å². The summed E-state index contributed by atoms with van der Waals surface area (Å²) in [7, 11) is 1.88. The van der Waals surface area contributed by atoms with E-state index in [0.29, 0.717) is 5.92 Å². The molecule has 0 bridgehead atoms. The normalized spacial score (nSPS) is 18.7. The Labute approximate surface area is 126 Å². The second-order valence-electron chi connectivity index (χ2n) is 6.00. The van der Waals surface area contributed by atoms with Crippen molar-refractivity contribution in [3.63, 3.8) is 0 Å². The third-order valence-electron chi connectivity index (χ3n) is 4.59. The zero-order valence-corrected chi connectivity index (χ0v) is 13.4. The number of aliphatic hydroxyl groups is 1. The molecule has 1 aliphatic heterocycles. The fourth-order valence-corrected chi connectivity index (χ4v) is 2.87. The lowest BCUT2D eigenvalue weighted by Gasteiger charge is -2.34. The van der Waals surface area contributed by atoms with Gasteiger partial charge in [0.1, 0.15) is 0 Å². The molecule has 1 atom stereocenters. The Morgan fingerprint density at radius 2 is 2.05 bits per heavy atom. The van der Waals surface area contributed by atoms with Crippen LogP contribution in [0.5, 0.6) is 0 Å². The Kier molecular flexibility index (Phi) is 5.00. The van der Waals surface area contributed by atoms with Gasteiger partial charge in [-0.15, -0.1) is 0 Å². The van der Waals surface area contributed by atoms with Crippen molar-refractivity contribution >= 4 is 11.6 Å². The van der Waals surface area contributed by atoms with Crippen molar-refractivity contribution in [1.82, 2.24) is 14.7 Å². The molecule has 6 nitrogen and oxygen atoms in total. The lowest BCUT2D eigenvalue weighted by Crippen LogP contribution is -2.46. The molecule has 2 rings (SSSR count). The number of hydrogen-bond acceptors (Lipinski definition) is 4. The highest BCUT2D eigenvalue weighted by Gasteiger charge is 2.27. The number of aryl methyl sites for hydroxylation is 2. The van der Waals surface area contributed by atoms with E-state index in [2.05, 4.69) is 15.3 Å². The van der Waals surface area contributed by atoms with Crippen LogP contribution in [0.4, 0.5) is 5.69 Å². The molecule has 21 heavy (non-hydrogen) atoms. The summed E-state index contributed by atoms with van der Waals surface area (Å²) in [6.07, 6.45) is 1.91. The second-order valence-corrected chi connectivity index (χ2v) is 6.00. The predicted molar refractivity (Wildman–Crippen MR) is 82.2 cm³/mol. The van der Waals surface area contributed by atoms with Crippen LogP contribution in [0.1, 0.15) is 31.2 Å². The van der Waals surface area contributed by atoms with Crippen molar-refractivity contribution < 1.29 is 9.90 Å². The molecule has 1 amide bonds. The SMILES string of the molecule is Cc1nn(C)c(C)c1NC(=O)C(C)N1CCC(CO)CC1. The highest BCUT2D eigenvalue weighted by atomic mass is 16.3. The van der Waals surface area contributed by atoms with Crippen molar-refractivity contribution in [3.05, 3.63) is 11.4 Å². The van der Waals surface area contributed by atoms with Gasteiger partial charge in [-0.2, -0.15) is 5.10 Å². The average molecular weight is 294 g/mol. The quantitative estimate of drug-likeness (QED) is 0.871. The van der Waals surface area contributed by atoms with Gasteiger partial charge >= 0.3 is 0 Å². The number of amides is 1. The zero-order valence-electron chi connectivity index (χ0n) is 13.4. The van der Waals surface area contributed by atoms with Gasteiger partial charge in [0.25, 0.3) is 0 Å². The molecule has 1 aromatic rings. The van der Waals surface area contributed by atoms with Gasteiger partial charge in [-0.25, -0.2) is 0 Å². The van der Waals surface area contributed by atoms with Crippen LogP contribution in [0.2, 0.25) is 0 Å². The Balaban J connectivity index is 1.97. The van der Waals surface area contributed by atoms with Crippen LogP contribution in [0.25, 0.3) is 0 Å². The molecule has 1 aromatic heterocycles. The summed E-state index contributed by atoms with van der Waals surface area (Å²) in [5.74, 6) is 0.399. The molecule has 2 heterocycles. The van der Waals surface area contributed by atoms with Crippen molar-refractivity contribution in [2.24, 2.45) is 13.0 Å². The maximum atomic E-state index is 12.4. The van der Waals surface area contributed by atoms with Crippen LogP contribution >= 0.6 is 0 Å². The van der Waals surface area contributed by atoms with Crippen LogP contribution in [-0.2, 0) is 11.8 Å². The van der Waals surface area contributed by atoms with Crippen molar-refractivity contribution in [1.29, 1.82) is 0 Å². The van der Waals surface area contributed by atoms with Gasteiger partial charge in [-0.05, 0) is 52.6 Å². The van der Waals surface area contributed by atoms with Crippen molar-refractivity contribution in [2.75, 3.05) is 25.0 Å². The minimum Gasteiger partial charge on any atom is -0.396 e. The van der Waals surface area contributed by atoms with E-state index in [0.717, 1.165) is 43.0 Å². The summed E-state index contributed by atoms with van der Waals surface area (Å²) in [4.78, 5) is 14.6. The summed E-state index contributed by atoms with van der Waals surface area (Å²) >= 11 is 0. The van der Waals surface area contributed by atoms with Gasteiger partial charge in [0, 0.05) is 13.7 Å². The van der Waals surface area contributed by atoms with Crippen molar-refractivity contribution in [3.8, 4) is 0 Å². The first-order valence-electron chi connectivity index (χ1n) is 7.60. The smallest absolute Gasteiger partial charge is 0.241 e. The van der Waals surface area contributed by atoms with Gasteiger partial charge in [0.2, 0.25) is 5.91 Å². The monoisotopic (exact) mass is 294 g/mol. The molecular formula is C15H26N4O2. The number of rotatable bonds is 4. The lowest BCUT2D eigenvalue weighted by molar-refractivity contribution is -0.121. The summed E-state index contributed by atoms with van der Waals surface area (Å²) in [6, 6.07) is -0.163. The molecule has 0 radical (unpaired) electrons. The first-order valence-corrected chi connectivity index (χ1v) is 7.60. The number of likely N-dealkylation sites (tertiary alicyclic amines) is 1. The van der Waals surface area contributed by atoms with E-state index in [4.69, 9.17) is 0 Å². The van der Waals surface area contributed by atoms with Gasteiger partial charge in [-0.3, -0.25) is 14.4 Å². The summed E-state index contributed by atoms with van der Waals surface area (Å²) in [6.45, 7) is 7.78.